The molecule has 1 unspecified atom stereocenters. The van der Waals surface area contributed by atoms with Crippen LogP contribution in [0.15, 0.2) is 18.2 Å². The Hall–Kier alpha value is -0.730. The summed E-state index contributed by atoms with van der Waals surface area (Å²) in [5.74, 6) is -0.209. The van der Waals surface area contributed by atoms with Gasteiger partial charge in [-0.05, 0) is 44.9 Å². The molecule has 1 aromatic carbocycles. The Morgan fingerprint density at radius 1 is 1.35 bits per heavy atom. The highest BCUT2D eigenvalue weighted by molar-refractivity contribution is 6.33. The normalized spacial score (nSPS) is 13.3. The third-order valence-corrected chi connectivity index (χ3v) is 3.07. The van der Waals surface area contributed by atoms with E-state index < -0.39 is 5.38 Å². The fraction of sp³-hybridized carbons (Fsp3) is 0.462. The van der Waals surface area contributed by atoms with Gasteiger partial charge >= 0.3 is 0 Å². The van der Waals surface area contributed by atoms with Crippen LogP contribution in [0.4, 0.5) is 0 Å². The fourth-order valence-corrected chi connectivity index (χ4v) is 1.73. The van der Waals surface area contributed by atoms with E-state index in [1.54, 1.807) is 6.07 Å². The monoisotopic (exact) mass is 273 g/mol. The van der Waals surface area contributed by atoms with Gasteiger partial charge in [-0.15, -0.1) is 11.6 Å². The topological polar surface area (TPSA) is 29.1 Å². The van der Waals surface area contributed by atoms with E-state index in [2.05, 4.69) is 5.32 Å². The Kier molecular flexibility index (Phi) is 4.45. The molecule has 1 amide bonds. The molecule has 0 bridgehead atoms. The fourth-order valence-electron chi connectivity index (χ4n) is 1.35. The Balaban J connectivity index is 2.85. The van der Waals surface area contributed by atoms with Crippen molar-refractivity contribution in [1.29, 1.82) is 0 Å². The van der Waals surface area contributed by atoms with Crippen LogP contribution in [-0.4, -0.2) is 11.4 Å². The maximum absolute atomic E-state index is 11.9. The largest absolute Gasteiger partial charge is 0.350 e. The summed E-state index contributed by atoms with van der Waals surface area (Å²) in [4.78, 5) is 11.9. The lowest BCUT2D eigenvalue weighted by Gasteiger charge is -2.22. The highest BCUT2D eigenvalue weighted by atomic mass is 35.5. The number of aryl methyl sites for hydroxylation is 1. The van der Waals surface area contributed by atoms with Crippen molar-refractivity contribution in [2.45, 2.75) is 38.6 Å². The number of amides is 1. The Morgan fingerprint density at radius 2 is 1.94 bits per heavy atom. The summed E-state index contributed by atoms with van der Waals surface area (Å²) in [6.07, 6.45) is 0. The second kappa shape index (κ2) is 5.28. The van der Waals surface area contributed by atoms with Gasteiger partial charge < -0.3 is 5.32 Å². The molecule has 17 heavy (non-hydrogen) atoms. The first-order valence-corrected chi connectivity index (χ1v) is 6.24. The molecule has 2 nitrogen and oxygen atoms in total. The van der Waals surface area contributed by atoms with Crippen LogP contribution in [0.1, 0.15) is 37.3 Å². The molecular formula is C13H17Cl2NO. The molecule has 4 heteroatoms. The molecule has 0 radical (unpaired) electrons. The number of benzene rings is 1. The number of alkyl halides is 1. The van der Waals surface area contributed by atoms with Gasteiger partial charge in [0.1, 0.15) is 5.38 Å². The van der Waals surface area contributed by atoms with Crippen LogP contribution in [0.5, 0.6) is 0 Å². The van der Waals surface area contributed by atoms with Gasteiger partial charge in [0.05, 0.1) is 0 Å². The SMILES string of the molecule is Cc1ccc(C(Cl)C(=O)NC(C)(C)C)cc1Cl. The predicted molar refractivity (Wildman–Crippen MR) is 72.7 cm³/mol. The van der Waals surface area contributed by atoms with Crippen molar-refractivity contribution >= 4 is 29.1 Å². The Labute approximate surface area is 112 Å². The smallest absolute Gasteiger partial charge is 0.243 e. The van der Waals surface area contributed by atoms with Crippen molar-refractivity contribution in [3.8, 4) is 0 Å². The lowest BCUT2D eigenvalue weighted by molar-refractivity contribution is -0.122. The number of halogens is 2. The third kappa shape index (κ3) is 4.21. The zero-order valence-electron chi connectivity index (χ0n) is 10.5. The first-order chi connectivity index (χ1) is 7.70. The molecule has 0 aliphatic carbocycles. The molecule has 0 aliphatic heterocycles. The van der Waals surface area contributed by atoms with Gasteiger partial charge in [0.15, 0.2) is 0 Å². The maximum atomic E-state index is 11.9. The number of rotatable bonds is 2. The molecule has 1 rings (SSSR count). The molecule has 0 fully saturated rings. The van der Waals surface area contributed by atoms with E-state index >= 15 is 0 Å². The standard InChI is InChI=1S/C13H17Cl2NO/c1-8-5-6-9(7-10(8)14)11(15)12(17)16-13(2,3)4/h5-7,11H,1-4H3,(H,16,17). The zero-order chi connectivity index (χ0) is 13.2. The van der Waals surface area contributed by atoms with E-state index in [0.717, 1.165) is 5.56 Å². The highest BCUT2D eigenvalue weighted by Gasteiger charge is 2.22. The average Bonchev–Trinajstić information content (AvgIpc) is 2.18. The average molecular weight is 274 g/mol. The summed E-state index contributed by atoms with van der Waals surface area (Å²) in [6, 6.07) is 5.41. The summed E-state index contributed by atoms with van der Waals surface area (Å²) < 4.78 is 0. The van der Waals surface area contributed by atoms with Crippen LogP contribution in [0.2, 0.25) is 5.02 Å². The van der Waals surface area contributed by atoms with Crippen LogP contribution in [0.3, 0.4) is 0 Å². The van der Waals surface area contributed by atoms with Gasteiger partial charge in [0.25, 0.3) is 0 Å². The number of hydrogen-bond donors (Lipinski definition) is 1. The molecule has 0 spiro atoms. The van der Waals surface area contributed by atoms with Gasteiger partial charge in [-0.25, -0.2) is 0 Å². The van der Waals surface area contributed by atoms with Crippen molar-refractivity contribution in [3.63, 3.8) is 0 Å². The molecule has 0 aromatic heterocycles. The summed E-state index contributed by atoms with van der Waals surface area (Å²) in [5.41, 5.74) is 1.39. The molecule has 1 aromatic rings. The van der Waals surface area contributed by atoms with Crippen molar-refractivity contribution < 1.29 is 4.79 Å². The summed E-state index contributed by atoms with van der Waals surface area (Å²) in [6.45, 7) is 7.65. The van der Waals surface area contributed by atoms with Gasteiger partial charge in [0.2, 0.25) is 5.91 Å². The van der Waals surface area contributed by atoms with Crippen LogP contribution < -0.4 is 5.32 Å². The van der Waals surface area contributed by atoms with Crippen molar-refractivity contribution in [2.24, 2.45) is 0 Å². The minimum atomic E-state index is -0.715. The van der Waals surface area contributed by atoms with Crippen LogP contribution in [0, 0.1) is 6.92 Å². The number of hydrogen-bond acceptors (Lipinski definition) is 1. The molecule has 1 N–H and O–H groups in total. The van der Waals surface area contributed by atoms with Crippen LogP contribution >= 0.6 is 23.2 Å². The number of nitrogens with one attached hydrogen (secondary N) is 1. The van der Waals surface area contributed by atoms with Gasteiger partial charge in [0, 0.05) is 10.6 Å². The Morgan fingerprint density at radius 3 is 2.41 bits per heavy atom. The first kappa shape index (κ1) is 14.3. The molecule has 94 valence electrons. The van der Waals surface area contributed by atoms with Crippen LogP contribution in [0.25, 0.3) is 0 Å². The van der Waals surface area contributed by atoms with Crippen molar-refractivity contribution in [3.05, 3.63) is 34.3 Å². The molecular weight excluding hydrogens is 257 g/mol. The van der Waals surface area contributed by atoms with Crippen molar-refractivity contribution in [2.75, 3.05) is 0 Å². The van der Waals surface area contributed by atoms with E-state index in [-0.39, 0.29) is 11.4 Å². The zero-order valence-corrected chi connectivity index (χ0v) is 12.0. The van der Waals surface area contributed by atoms with Crippen LogP contribution in [-0.2, 0) is 4.79 Å². The summed E-state index contributed by atoms with van der Waals surface area (Å²) in [7, 11) is 0. The Bertz CT molecular complexity index is 424. The third-order valence-electron chi connectivity index (χ3n) is 2.22. The predicted octanol–water partition coefficient (Wildman–Crippen LogP) is 3.84. The minimum absolute atomic E-state index is 0.209. The minimum Gasteiger partial charge on any atom is -0.350 e. The second-order valence-corrected chi connectivity index (χ2v) is 5.95. The quantitative estimate of drug-likeness (QED) is 0.815. The summed E-state index contributed by atoms with van der Waals surface area (Å²) >= 11 is 12.1. The number of carbonyl (C=O) groups excluding carboxylic acids is 1. The van der Waals surface area contributed by atoms with E-state index in [4.69, 9.17) is 23.2 Å². The molecule has 0 aliphatic rings. The molecule has 0 saturated carbocycles. The molecule has 1 atom stereocenters. The highest BCUT2D eigenvalue weighted by Crippen LogP contribution is 2.26. The van der Waals surface area contributed by atoms with Gasteiger partial charge in [-0.2, -0.15) is 0 Å². The number of carbonyl (C=O) groups is 1. The van der Waals surface area contributed by atoms with E-state index in [9.17, 15) is 4.79 Å². The summed E-state index contributed by atoms with van der Waals surface area (Å²) in [5, 5.41) is 2.74. The molecule has 0 saturated heterocycles. The van der Waals surface area contributed by atoms with Gasteiger partial charge in [-0.3, -0.25) is 4.79 Å². The lowest BCUT2D eigenvalue weighted by Crippen LogP contribution is -2.42. The van der Waals surface area contributed by atoms with E-state index in [0.29, 0.717) is 10.6 Å². The van der Waals surface area contributed by atoms with E-state index in [1.165, 1.54) is 0 Å². The maximum Gasteiger partial charge on any atom is 0.243 e. The lowest BCUT2D eigenvalue weighted by atomic mass is 10.1. The van der Waals surface area contributed by atoms with Gasteiger partial charge in [-0.1, -0.05) is 23.7 Å². The van der Waals surface area contributed by atoms with E-state index in [1.807, 2.05) is 39.8 Å². The first-order valence-electron chi connectivity index (χ1n) is 5.43. The molecule has 0 heterocycles. The van der Waals surface area contributed by atoms with Crippen molar-refractivity contribution in [1.82, 2.24) is 5.32 Å². The second-order valence-electron chi connectivity index (χ2n) is 5.11.